The predicted octanol–water partition coefficient (Wildman–Crippen LogP) is 3.23. The Labute approximate surface area is 124 Å². The van der Waals surface area contributed by atoms with Crippen LogP contribution in [0.2, 0.25) is 0 Å². The van der Waals surface area contributed by atoms with Gasteiger partial charge in [-0.25, -0.2) is 0 Å². The molecule has 1 saturated heterocycles. The van der Waals surface area contributed by atoms with Crippen molar-refractivity contribution in [3.05, 3.63) is 60.7 Å². The molecule has 0 saturated carbocycles. The van der Waals surface area contributed by atoms with Crippen molar-refractivity contribution in [2.24, 2.45) is 0 Å². The van der Waals surface area contributed by atoms with Crippen LogP contribution in [0.5, 0.6) is 11.5 Å². The quantitative estimate of drug-likeness (QED) is 0.579. The average Bonchev–Trinajstić information content (AvgIpc) is 3.31. The summed E-state index contributed by atoms with van der Waals surface area (Å²) >= 11 is 0. The van der Waals surface area contributed by atoms with Crippen LogP contribution < -0.4 is 9.47 Å². The number of rotatable bonds is 7. The Bertz CT molecular complexity index is 510. The summed E-state index contributed by atoms with van der Waals surface area (Å²) in [6, 6.07) is 18.9. The number of benzene rings is 2. The van der Waals surface area contributed by atoms with Gasteiger partial charge in [0.25, 0.3) is 0 Å². The molecular formula is C17H18O4. The third kappa shape index (κ3) is 4.21. The molecule has 1 unspecified atom stereocenters. The lowest BCUT2D eigenvalue weighted by atomic mass is 10.3. The maximum Gasteiger partial charge on any atom is 0.368 e. The summed E-state index contributed by atoms with van der Waals surface area (Å²) in [5.74, 6) is 0.176. The lowest BCUT2D eigenvalue weighted by Gasteiger charge is -2.30. The first-order valence-electron chi connectivity index (χ1n) is 6.97. The Morgan fingerprint density at radius 2 is 1.43 bits per heavy atom. The van der Waals surface area contributed by atoms with Crippen LogP contribution in [0.3, 0.4) is 0 Å². The van der Waals surface area contributed by atoms with Gasteiger partial charge in [-0.3, -0.25) is 0 Å². The van der Waals surface area contributed by atoms with E-state index in [1.807, 2.05) is 60.7 Å². The van der Waals surface area contributed by atoms with Gasteiger partial charge in [-0.2, -0.15) is 0 Å². The van der Waals surface area contributed by atoms with Crippen LogP contribution in [0.4, 0.5) is 0 Å². The van der Waals surface area contributed by atoms with Gasteiger partial charge in [-0.15, -0.1) is 0 Å². The van der Waals surface area contributed by atoms with Crippen LogP contribution in [-0.4, -0.2) is 25.3 Å². The van der Waals surface area contributed by atoms with Gasteiger partial charge in [0.05, 0.1) is 13.2 Å². The largest absolute Gasteiger partial charge is 0.430 e. The van der Waals surface area contributed by atoms with Crippen molar-refractivity contribution < 1.29 is 18.9 Å². The van der Waals surface area contributed by atoms with Crippen LogP contribution in [0.15, 0.2) is 60.7 Å². The minimum atomic E-state index is -1.20. The van der Waals surface area contributed by atoms with Crippen molar-refractivity contribution in [2.45, 2.75) is 19.0 Å². The molecule has 2 aromatic carbocycles. The van der Waals surface area contributed by atoms with Gasteiger partial charge < -0.3 is 18.9 Å². The van der Waals surface area contributed by atoms with Crippen molar-refractivity contribution in [1.82, 2.24) is 0 Å². The lowest BCUT2D eigenvalue weighted by molar-refractivity contribution is -0.290. The first-order chi connectivity index (χ1) is 10.2. The second-order valence-electron chi connectivity index (χ2n) is 4.96. The van der Waals surface area contributed by atoms with E-state index in [0.717, 1.165) is 6.61 Å². The van der Waals surface area contributed by atoms with Crippen LogP contribution in [0.25, 0.3) is 0 Å². The number of epoxide rings is 1. The van der Waals surface area contributed by atoms with Gasteiger partial charge in [0.15, 0.2) is 0 Å². The Hall–Kier alpha value is -2.04. The third-order valence-corrected chi connectivity index (χ3v) is 3.03. The Morgan fingerprint density at radius 3 is 1.86 bits per heavy atom. The molecule has 110 valence electrons. The first kappa shape index (κ1) is 13.9. The molecule has 1 atom stereocenters. The van der Waals surface area contributed by atoms with Crippen molar-refractivity contribution in [3.8, 4) is 11.5 Å². The molecule has 1 aliphatic heterocycles. The summed E-state index contributed by atoms with van der Waals surface area (Å²) in [6.07, 6.45) is 0.142. The minimum Gasteiger partial charge on any atom is -0.430 e. The topological polar surface area (TPSA) is 40.2 Å². The van der Waals surface area contributed by atoms with Crippen LogP contribution in [-0.2, 0) is 9.47 Å². The first-order valence-corrected chi connectivity index (χ1v) is 6.97. The zero-order chi connectivity index (χ0) is 14.5. The van der Waals surface area contributed by atoms with Gasteiger partial charge in [0.2, 0.25) is 0 Å². The number of hydrogen-bond acceptors (Lipinski definition) is 4. The fourth-order valence-electron chi connectivity index (χ4n) is 1.89. The highest BCUT2D eigenvalue weighted by atomic mass is 16.9. The molecule has 0 radical (unpaired) electrons. The molecule has 0 amide bonds. The van der Waals surface area contributed by atoms with Crippen molar-refractivity contribution in [1.29, 1.82) is 0 Å². The molecule has 4 heteroatoms. The monoisotopic (exact) mass is 286 g/mol. The highest BCUT2D eigenvalue weighted by molar-refractivity contribution is 5.23. The summed E-state index contributed by atoms with van der Waals surface area (Å²) in [7, 11) is 0. The fraction of sp³-hybridized carbons (Fsp3) is 0.294. The van der Waals surface area contributed by atoms with Crippen LogP contribution in [0, 0.1) is 0 Å². The smallest absolute Gasteiger partial charge is 0.368 e. The van der Waals surface area contributed by atoms with E-state index in [1.54, 1.807) is 6.92 Å². The molecule has 2 aromatic rings. The second kappa shape index (κ2) is 6.16. The predicted molar refractivity (Wildman–Crippen MR) is 78.2 cm³/mol. The van der Waals surface area contributed by atoms with Gasteiger partial charge in [-0.05, 0) is 24.3 Å². The van der Waals surface area contributed by atoms with Crippen molar-refractivity contribution >= 4 is 0 Å². The molecule has 1 heterocycles. The fourth-order valence-corrected chi connectivity index (χ4v) is 1.89. The van der Waals surface area contributed by atoms with E-state index in [2.05, 4.69) is 0 Å². The molecule has 1 aliphatic rings. The highest BCUT2D eigenvalue weighted by Crippen LogP contribution is 2.25. The molecule has 0 spiro atoms. The lowest BCUT2D eigenvalue weighted by Crippen LogP contribution is -2.43. The van der Waals surface area contributed by atoms with Gasteiger partial charge in [0, 0.05) is 6.92 Å². The molecule has 0 N–H and O–H groups in total. The van der Waals surface area contributed by atoms with Gasteiger partial charge in [0.1, 0.15) is 17.6 Å². The summed E-state index contributed by atoms with van der Waals surface area (Å²) in [5.41, 5.74) is 0. The number of para-hydroxylation sites is 2. The van der Waals surface area contributed by atoms with E-state index < -0.39 is 5.97 Å². The summed E-state index contributed by atoms with van der Waals surface area (Å²) in [6.45, 7) is 2.93. The van der Waals surface area contributed by atoms with E-state index in [0.29, 0.717) is 18.1 Å². The van der Waals surface area contributed by atoms with Crippen molar-refractivity contribution in [2.75, 3.05) is 13.2 Å². The summed E-state index contributed by atoms with van der Waals surface area (Å²) in [4.78, 5) is 0. The zero-order valence-corrected chi connectivity index (χ0v) is 11.9. The third-order valence-electron chi connectivity index (χ3n) is 3.03. The van der Waals surface area contributed by atoms with E-state index in [4.69, 9.17) is 18.9 Å². The highest BCUT2D eigenvalue weighted by Gasteiger charge is 2.34. The normalized spacial score (nSPS) is 17.3. The average molecular weight is 286 g/mol. The molecule has 0 aliphatic carbocycles. The molecule has 21 heavy (non-hydrogen) atoms. The van der Waals surface area contributed by atoms with Crippen LogP contribution in [0.1, 0.15) is 6.92 Å². The van der Waals surface area contributed by atoms with E-state index in [-0.39, 0.29) is 6.10 Å². The molecule has 0 aromatic heterocycles. The minimum absolute atomic E-state index is 0.142. The number of ether oxygens (including phenoxy) is 4. The Morgan fingerprint density at radius 1 is 0.952 bits per heavy atom. The van der Waals surface area contributed by atoms with E-state index in [1.165, 1.54) is 0 Å². The van der Waals surface area contributed by atoms with E-state index >= 15 is 0 Å². The van der Waals surface area contributed by atoms with Gasteiger partial charge in [-0.1, -0.05) is 36.4 Å². The van der Waals surface area contributed by atoms with E-state index in [9.17, 15) is 0 Å². The summed E-state index contributed by atoms with van der Waals surface area (Å²) in [5, 5.41) is 0. The Kier molecular flexibility index (Phi) is 4.08. The van der Waals surface area contributed by atoms with Crippen molar-refractivity contribution in [3.63, 3.8) is 0 Å². The van der Waals surface area contributed by atoms with Crippen LogP contribution >= 0.6 is 0 Å². The Balaban J connectivity index is 1.72. The number of hydrogen-bond donors (Lipinski definition) is 0. The molecular weight excluding hydrogens is 268 g/mol. The standard InChI is InChI=1S/C17H18O4/c1-17(19-13-16-12-18-16,20-14-8-4-2-5-9-14)21-15-10-6-3-7-11-15/h2-11,16H,12-13H2,1H3. The SMILES string of the molecule is CC(OCC1CO1)(Oc1ccccc1)Oc1ccccc1. The zero-order valence-electron chi connectivity index (χ0n) is 11.9. The maximum absolute atomic E-state index is 5.88. The maximum atomic E-state index is 5.88. The van der Waals surface area contributed by atoms with Gasteiger partial charge >= 0.3 is 5.97 Å². The molecule has 0 bridgehead atoms. The summed E-state index contributed by atoms with van der Waals surface area (Å²) < 4.78 is 22.7. The molecule has 4 nitrogen and oxygen atoms in total. The second-order valence-corrected chi connectivity index (χ2v) is 4.96. The molecule has 3 rings (SSSR count). The molecule has 1 fully saturated rings.